The second-order valence-electron chi connectivity index (χ2n) is 5.56. The number of halogens is 2. The molecule has 1 fully saturated rings. The van der Waals surface area contributed by atoms with Crippen LogP contribution in [-0.4, -0.2) is 42.0 Å². The number of rotatable bonds is 2. The highest BCUT2D eigenvalue weighted by molar-refractivity contribution is 9.10. The number of nitrogens with zero attached hydrogens (tertiary/aromatic N) is 1. The Morgan fingerprint density at radius 2 is 2.04 bits per heavy atom. The molecule has 1 aliphatic heterocycles. The van der Waals surface area contributed by atoms with Crippen LogP contribution in [-0.2, 0) is 0 Å². The third kappa shape index (κ3) is 3.59. The first-order chi connectivity index (χ1) is 10.6. The van der Waals surface area contributed by atoms with Gasteiger partial charge in [-0.25, -0.2) is 0 Å². The number of likely N-dealkylation sites (tertiary alicyclic amines) is 1. The van der Waals surface area contributed by atoms with Gasteiger partial charge < -0.3 is 15.2 Å². The summed E-state index contributed by atoms with van der Waals surface area (Å²) in [6.07, 6.45) is 1.88. The van der Waals surface area contributed by atoms with E-state index in [1.807, 2.05) is 30.1 Å². The third-order valence-corrected chi connectivity index (χ3v) is 4.91. The highest BCUT2D eigenvalue weighted by Gasteiger charge is 2.24. The number of carbonyl (C=O) groups excluding carboxylic acids is 1. The minimum Gasteiger partial charge on any atom is -0.339 e. The van der Waals surface area contributed by atoms with Crippen molar-refractivity contribution in [3.8, 4) is 0 Å². The highest BCUT2D eigenvalue weighted by Crippen LogP contribution is 2.24. The first kappa shape index (κ1) is 18.0. The van der Waals surface area contributed by atoms with E-state index in [9.17, 15) is 9.59 Å². The van der Waals surface area contributed by atoms with Crippen LogP contribution >= 0.6 is 28.3 Å². The van der Waals surface area contributed by atoms with E-state index in [0.29, 0.717) is 30.2 Å². The maximum absolute atomic E-state index is 12.8. The largest absolute Gasteiger partial charge is 0.339 e. The lowest BCUT2D eigenvalue weighted by molar-refractivity contribution is 0.0709. The van der Waals surface area contributed by atoms with Gasteiger partial charge in [0, 0.05) is 35.1 Å². The molecule has 1 aromatic heterocycles. The van der Waals surface area contributed by atoms with Gasteiger partial charge in [0.2, 0.25) is 5.56 Å². The number of hydrogen-bond acceptors (Lipinski definition) is 3. The first-order valence-corrected chi connectivity index (χ1v) is 8.17. The summed E-state index contributed by atoms with van der Waals surface area (Å²) >= 11 is 3.42. The zero-order valence-electron chi connectivity index (χ0n) is 12.8. The third-order valence-electron chi connectivity index (χ3n) is 4.25. The zero-order valence-corrected chi connectivity index (χ0v) is 15.2. The molecule has 2 aromatic rings. The van der Waals surface area contributed by atoms with Gasteiger partial charge in [0.15, 0.2) is 0 Å². The SMILES string of the molecule is CNC1CCN(C(=O)c2cc(=O)[nH]c3c(Br)cccc23)CC1.Cl. The van der Waals surface area contributed by atoms with Crippen LogP contribution < -0.4 is 10.9 Å². The summed E-state index contributed by atoms with van der Waals surface area (Å²) in [5, 5.41) is 4.02. The Hall–Kier alpha value is -1.37. The Morgan fingerprint density at radius 3 is 2.70 bits per heavy atom. The van der Waals surface area contributed by atoms with Crippen LogP contribution in [0.25, 0.3) is 10.9 Å². The van der Waals surface area contributed by atoms with Crippen molar-refractivity contribution in [1.29, 1.82) is 0 Å². The smallest absolute Gasteiger partial charge is 0.254 e. The van der Waals surface area contributed by atoms with Gasteiger partial charge in [0.25, 0.3) is 5.91 Å². The number of nitrogens with one attached hydrogen (secondary N) is 2. The molecule has 23 heavy (non-hydrogen) atoms. The fraction of sp³-hybridized carbons (Fsp3) is 0.375. The van der Waals surface area contributed by atoms with Crippen LogP contribution in [0.2, 0.25) is 0 Å². The molecule has 1 saturated heterocycles. The van der Waals surface area contributed by atoms with Gasteiger partial charge in [-0.05, 0) is 41.9 Å². The Bertz CT molecular complexity index is 769. The topological polar surface area (TPSA) is 65.2 Å². The summed E-state index contributed by atoms with van der Waals surface area (Å²) in [5.41, 5.74) is 0.888. The predicted molar refractivity (Wildman–Crippen MR) is 97.5 cm³/mol. The molecule has 5 nitrogen and oxygen atoms in total. The number of H-pyrrole nitrogens is 1. The molecule has 0 unspecified atom stereocenters. The van der Waals surface area contributed by atoms with E-state index in [0.717, 1.165) is 22.7 Å². The first-order valence-electron chi connectivity index (χ1n) is 7.38. The van der Waals surface area contributed by atoms with Crippen molar-refractivity contribution in [2.45, 2.75) is 18.9 Å². The zero-order chi connectivity index (χ0) is 15.7. The van der Waals surface area contributed by atoms with Crippen molar-refractivity contribution in [2.24, 2.45) is 0 Å². The number of hydrogen-bond donors (Lipinski definition) is 2. The number of fused-ring (bicyclic) bond motifs is 1. The van der Waals surface area contributed by atoms with Gasteiger partial charge in [-0.2, -0.15) is 0 Å². The number of piperidine rings is 1. The molecule has 3 rings (SSSR count). The number of pyridine rings is 1. The molecule has 2 heterocycles. The lowest BCUT2D eigenvalue weighted by atomic mass is 10.0. The molecular weight excluding hydrogens is 382 g/mol. The molecule has 1 amide bonds. The van der Waals surface area contributed by atoms with E-state index < -0.39 is 0 Å². The second-order valence-corrected chi connectivity index (χ2v) is 6.42. The number of benzene rings is 1. The molecule has 0 radical (unpaired) electrons. The van der Waals surface area contributed by atoms with Gasteiger partial charge in [-0.1, -0.05) is 12.1 Å². The number of para-hydroxylation sites is 1. The van der Waals surface area contributed by atoms with E-state index in [-0.39, 0.29) is 23.9 Å². The van der Waals surface area contributed by atoms with E-state index >= 15 is 0 Å². The molecule has 0 atom stereocenters. The minimum atomic E-state index is -0.257. The van der Waals surface area contributed by atoms with E-state index in [1.165, 1.54) is 6.07 Å². The molecule has 0 aliphatic carbocycles. The molecule has 7 heteroatoms. The number of aromatic nitrogens is 1. The van der Waals surface area contributed by atoms with Gasteiger partial charge >= 0.3 is 0 Å². The Kier molecular flexibility index (Phi) is 5.84. The van der Waals surface area contributed by atoms with Gasteiger partial charge in [-0.15, -0.1) is 12.4 Å². The maximum atomic E-state index is 12.8. The van der Waals surface area contributed by atoms with Crippen molar-refractivity contribution in [3.05, 3.63) is 44.7 Å². The fourth-order valence-corrected chi connectivity index (χ4v) is 3.43. The van der Waals surface area contributed by atoms with Gasteiger partial charge in [0.1, 0.15) is 0 Å². The number of carbonyl (C=O) groups is 1. The molecule has 124 valence electrons. The van der Waals surface area contributed by atoms with Crippen LogP contribution in [0.3, 0.4) is 0 Å². The monoisotopic (exact) mass is 399 g/mol. The molecular formula is C16H19BrClN3O2. The predicted octanol–water partition coefficient (Wildman–Crippen LogP) is 2.54. The van der Waals surface area contributed by atoms with Crippen molar-refractivity contribution < 1.29 is 4.79 Å². The molecule has 1 aliphatic rings. The van der Waals surface area contributed by atoms with Crippen LogP contribution in [0.1, 0.15) is 23.2 Å². The maximum Gasteiger partial charge on any atom is 0.254 e. The summed E-state index contributed by atoms with van der Waals surface area (Å²) < 4.78 is 0.783. The van der Waals surface area contributed by atoms with Gasteiger partial charge in [0.05, 0.1) is 11.1 Å². The standard InChI is InChI=1S/C16H18BrN3O2.ClH/c1-18-10-5-7-20(8-6-10)16(22)12-9-14(21)19-15-11(12)3-2-4-13(15)17;/h2-4,9-10,18H,5-8H2,1H3,(H,19,21);1H. The summed E-state index contributed by atoms with van der Waals surface area (Å²) in [6, 6.07) is 7.46. The Balaban J connectivity index is 0.00000192. The van der Waals surface area contributed by atoms with Crippen molar-refractivity contribution in [3.63, 3.8) is 0 Å². The average molecular weight is 401 g/mol. The van der Waals surface area contributed by atoms with E-state index in [2.05, 4.69) is 26.2 Å². The quantitative estimate of drug-likeness (QED) is 0.814. The van der Waals surface area contributed by atoms with E-state index in [4.69, 9.17) is 0 Å². The average Bonchev–Trinajstić information content (AvgIpc) is 2.54. The van der Waals surface area contributed by atoms with Crippen LogP contribution in [0.15, 0.2) is 33.5 Å². The summed E-state index contributed by atoms with van der Waals surface area (Å²) in [7, 11) is 1.95. The molecule has 2 N–H and O–H groups in total. The van der Waals surface area contributed by atoms with Crippen molar-refractivity contribution in [1.82, 2.24) is 15.2 Å². The van der Waals surface area contributed by atoms with Crippen LogP contribution in [0.4, 0.5) is 0 Å². The molecule has 0 spiro atoms. The summed E-state index contributed by atoms with van der Waals surface area (Å²) in [5.74, 6) is -0.0660. The van der Waals surface area contributed by atoms with Crippen molar-refractivity contribution in [2.75, 3.05) is 20.1 Å². The van der Waals surface area contributed by atoms with Crippen LogP contribution in [0.5, 0.6) is 0 Å². The molecule has 0 saturated carbocycles. The second kappa shape index (κ2) is 7.47. The summed E-state index contributed by atoms with van der Waals surface area (Å²) in [4.78, 5) is 29.3. The molecule has 1 aromatic carbocycles. The van der Waals surface area contributed by atoms with Gasteiger partial charge in [-0.3, -0.25) is 9.59 Å². The lowest BCUT2D eigenvalue weighted by Gasteiger charge is -2.32. The number of aromatic amines is 1. The van der Waals surface area contributed by atoms with Crippen molar-refractivity contribution >= 4 is 45.1 Å². The molecule has 0 bridgehead atoms. The normalized spacial score (nSPS) is 15.5. The number of amides is 1. The fourth-order valence-electron chi connectivity index (χ4n) is 2.96. The van der Waals surface area contributed by atoms with Crippen LogP contribution in [0, 0.1) is 0 Å². The Labute approximate surface area is 149 Å². The van der Waals surface area contributed by atoms with E-state index in [1.54, 1.807) is 0 Å². The highest BCUT2D eigenvalue weighted by atomic mass is 79.9. The lowest BCUT2D eigenvalue weighted by Crippen LogP contribution is -2.44. The summed E-state index contributed by atoms with van der Waals surface area (Å²) in [6.45, 7) is 1.43. The Morgan fingerprint density at radius 1 is 1.35 bits per heavy atom. The minimum absolute atomic E-state index is 0.